The van der Waals surface area contributed by atoms with E-state index < -0.39 is 0 Å². The first-order chi connectivity index (χ1) is 6.04. The normalized spacial score (nSPS) is 11.4. The minimum Gasteiger partial charge on any atom is -0.394 e. The van der Waals surface area contributed by atoms with E-state index in [-0.39, 0.29) is 20.6 Å². The lowest BCUT2D eigenvalue weighted by molar-refractivity contribution is 0.156. The van der Waals surface area contributed by atoms with Crippen molar-refractivity contribution in [2.45, 2.75) is 72.0 Å². The molecular formula is C11H29BO2. The highest BCUT2D eigenvalue weighted by Gasteiger charge is 1.97. The Morgan fingerprint density at radius 3 is 1.71 bits per heavy atom. The molecule has 0 rings (SSSR count). The molecule has 0 saturated heterocycles. The molecule has 0 aliphatic rings. The third-order valence-corrected chi connectivity index (χ3v) is 1.61. The van der Waals surface area contributed by atoms with Crippen molar-refractivity contribution in [1.29, 1.82) is 0 Å². The maximum Gasteiger partial charge on any atom is 0.0814 e. The molecule has 0 heterocycles. The smallest absolute Gasteiger partial charge is 0.0814 e. The molecule has 0 aromatic rings. The largest absolute Gasteiger partial charge is 0.394 e. The monoisotopic (exact) mass is 204 g/mol. The summed E-state index contributed by atoms with van der Waals surface area (Å²) >= 11 is 0. The molecule has 0 aliphatic heterocycles. The number of unbranched alkanes of at least 4 members (excludes halogenated alkanes) is 2. The molecule has 0 aromatic carbocycles. The van der Waals surface area contributed by atoms with E-state index in [1.54, 1.807) is 13.8 Å². The van der Waals surface area contributed by atoms with Gasteiger partial charge in [-0.05, 0) is 26.7 Å². The van der Waals surface area contributed by atoms with E-state index in [1.165, 1.54) is 19.3 Å². The molecule has 1 atom stereocenters. The van der Waals surface area contributed by atoms with Gasteiger partial charge in [0.25, 0.3) is 0 Å². The zero-order valence-electron chi connectivity index (χ0n) is 9.58. The van der Waals surface area contributed by atoms with Crippen molar-refractivity contribution in [3.05, 3.63) is 0 Å². The Morgan fingerprint density at radius 2 is 1.43 bits per heavy atom. The van der Waals surface area contributed by atoms with Gasteiger partial charge in [-0.25, -0.2) is 0 Å². The Labute approximate surface area is 91.3 Å². The van der Waals surface area contributed by atoms with E-state index in [9.17, 15) is 0 Å². The summed E-state index contributed by atoms with van der Waals surface area (Å²) in [6.07, 6.45) is 5.38. The van der Waals surface area contributed by atoms with Gasteiger partial charge in [-0.1, -0.05) is 33.1 Å². The Kier molecular flexibility index (Phi) is 21.6. The van der Waals surface area contributed by atoms with Gasteiger partial charge in [0, 0.05) is 6.10 Å². The van der Waals surface area contributed by atoms with E-state index in [0.717, 1.165) is 12.8 Å². The molecule has 3 heteroatoms. The predicted octanol–water partition coefficient (Wildman–Crippen LogP) is 1.54. The van der Waals surface area contributed by atoms with Crippen molar-refractivity contribution >= 4 is 8.41 Å². The minimum absolute atomic E-state index is 0. The van der Waals surface area contributed by atoms with Crippen LogP contribution in [0.1, 0.15) is 59.8 Å². The van der Waals surface area contributed by atoms with Crippen LogP contribution in [0.15, 0.2) is 0 Å². The minimum atomic E-state index is -0.167. The number of hydrogen-bond donors (Lipinski definition) is 2. The Bertz CT molecular complexity index is 84.6. The maximum atomic E-state index is 9.08. The molecule has 0 spiro atoms. The van der Waals surface area contributed by atoms with Crippen molar-refractivity contribution < 1.29 is 10.2 Å². The molecule has 2 N–H and O–H groups in total. The average Bonchev–Trinajstić information content (AvgIpc) is 2.03. The van der Waals surface area contributed by atoms with Gasteiger partial charge in [-0.3, -0.25) is 0 Å². The van der Waals surface area contributed by atoms with Gasteiger partial charge in [0.15, 0.2) is 0 Å². The SMILES string of the molecule is B.CC(C)O.CCCCCC(O)CC. The summed E-state index contributed by atoms with van der Waals surface area (Å²) < 4.78 is 0. The third kappa shape index (κ3) is 29.6. The van der Waals surface area contributed by atoms with Crippen LogP contribution in [-0.2, 0) is 0 Å². The maximum absolute atomic E-state index is 9.08. The molecule has 0 amide bonds. The van der Waals surface area contributed by atoms with E-state index in [2.05, 4.69) is 6.92 Å². The van der Waals surface area contributed by atoms with Gasteiger partial charge >= 0.3 is 0 Å². The van der Waals surface area contributed by atoms with E-state index in [0.29, 0.717) is 0 Å². The van der Waals surface area contributed by atoms with Gasteiger partial charge in [0.05, 0.1) is 14.5 Å². The Balaban J connectivity index is -0.000000209. The van der Waals surface area contributed by atoms with Crippen LogP contribution < -0.4 is 0 Å². The topological polar surface area (TPSA) is 40.5 Å². The van der Waals surface area contributed by atoms with Crippen molar-refractivity contribution in [2.24, 2.45) is 0 Å². The van der Waals surface area contributed by atoms with Gasteiger partial charge < -0.3 is 10.2 Å². The molecule has 0 aliphatic carbocycles. The number of hydrogen-bond acceptors (Lipinski definition) is 2. The van der Waals surface area contributed by atoms with Crippen LogP contribution in [0.25, 0.3) is 0 Å². The van der Waals surface area contributed by atoms with Gasteiger partial charge in [0.2, 0.25) is 0 Å². The van der Waals surface area contributed by atoms with Crippen molar-refractivity contribution in [1.82, 2.24) is 0 Å². The number of rotatable bonds is 5. The fraction of sp³-hybridized carbons (Fsp3) is 1.00. The van der Waals surface area contributed by atoms with Crippen LogP contribution in [0.2, 0.25) is 0 Å². The second-order valence-corrected chi connectivity index (χ2v) is 3.65. The van der Waals surface area contributed by atoms with Crippen molar-refractivity contribution in [2.75, 3.05) is 0 Å². The second kappa shape index (κ2) is 15.5. The summed E-state index contributed by atoms with van der Waals surface area (Å²) in [4.78, 5) is 0. The Morgan fingerprint density at radius 1 is 1.00 bits per heavy atom. The van der Waals surface area contributed by atoms with Crippen LogP contribution in [0.5, 0.6) is 0 Å². The Hall–Kier alpha value is -0.0151. The molecule has 14 heavy (non-hydrogen) atoms. The molecular weight excluding hydrogens is 175 g/mol. The van der Waals surface area contributed by atoms with E-state index >= 15 is 0 Å². The summed E-state index contributed by atoms with van der Waals surface area (Å²) in [7, 11) is 0. The first kappa shape index (κ1) is 19.5. The highest BCUT2D eigenvalue weighted by molar-refractivity contribution is 5.75. The lowest BCUT2D eigenvalue weighted by Gasteiger charge is -2.04. The van der Waals surface area contributed by atoms with E-state index in [1.807, 2.05) is 6.92 Å². The molecule has 0 fully saturated rings. The van der Waals surface area contributed by atoms with Gasteiger partial charge in [0.1, 0.15) is 0 Å². The van der Waals surface area contributed by atoms with Crippen LogP contribution in [-0.4, -0.2) is 30.8 Å². The fourth-order valence-electron chi connectivity index (χ4n) is 0.834. The zero-order valence-corrected chi connectivity index (χ0v) is 9.58. The lowest BCUT2D eigenvalue weighted by atomic mass is 10.1. The highest BCUT2D eigenvalue weighted by atomic mass is 16.3. The predicted molar refractivity (Wildman–Crippen MR) is 67.7 cm³/mol. The summed E-state index contributed by atoms with van der Waals surface area (Å²) in [6.45, 7) is 7.65. The zero-order chi connectivity index (χ0) is 10.7. The summed E-state index contributed by atoms with van der Waals surface area (Å²) in [5.41, 5.74) is 0. The quantitative estimate of drug-likeness (QED) is 0.526. The van der Waals surface area contributed by atoms with Crippen LogP contribution in [0.4, 0.5) is 0 Å². The van der Waals surface area contributed by atoms with Crippen molar-refractivity contribution in [3.63, 3.8) is 0 Å². The summed E-state index contributed by atoms with van der Waals surface area (Å²) in [5, 5.41) is 17.1. The summed E-state index contributed by atoms with van der Waals surface area (Å²) in [6, 6.07) is 0. The van der Waals surface area contributed by atoms with Crippen LogP contribution >= 0.6 is 0 Å². The van der Waals surface area contributed by atoms with Gasteiger partial charge in [-0.15, -0.1) is 0 Å². The number of aliphatic hydroxyl groups excluding tert-OH is 2. The van der Waals surface area contributed by atoms with E-state index in [4.69, 9.17) is 10.2 Å². The molecule has 0 saturated carbocycles. The van der Waals surface area contributed by atoms with Crippen LogP contribution in [0.3, 0.4) is 0 Å². The molecule has 1 unspecified atom stereocenters. The van der Waals surface area contributed by atoms with Crippen molar-refractivity contribution in [3.8, 4) is 0 Å². The highest BCUT2D eigenvalue weighted by Crippen LogP contribution is 2.04. The second-order valence-electron chi connectivity index (χ2n) is 3.65. The number of aliphatic hydroxyl groups is 2. The van der Waals surface area contributed by atoms with Gasteiger partial charge in [-0.2, -0.15) is 0 Å². The third-order valence-electron chi connectivity index (χ3n) is 1.61. The molecule has 88 valence electrons. The fourth-order valence-corrected chi connectivity index (χ4v) is 0.834. The standard InChI is InChI=1S/C8H18O.C3H8O.BH3/c1-3-5-6-7-8(9)4-2;1-3(2)4;/h8-9H,3-7H2,1-2H3;3-4H,1-2H3;1H3. The first-order valence-corrected chi connectivity index (χ1v) is 5.40. The molecule has 0 aromatic heterocycles. The molecule has 0 radical (unpaired) electrons. The first-order valence-electron chi connectivity index (χ1n) is 5.40. The molecule has 2 nitrogen and oxygen atoms in total. The summed E-state index contributed by atoms with van der Waals surface area (Å²) in [5.74, 6) is 0. The lowest BCUT2D eigenvalue weighted by Crippen LogP contribution is -2.02. The van der Waals surface area contributed by atoms with Crippen LogP contribution in [0, 0.1) is 0 Å². The molecule has 0 bridgehead atoms. The average molecular weight is 204 g/mol.